The van der Waals surface area contributed by atoms with E-state index in [1.165, 1.54) is 128 Å². The minimum atomic E-state index is -0.0636. The molecule has 1 unspecified atom stereocenters. The third-order valence-electron chi connectivity index (χ3n) is 6.64. The molecule has 0 spiro atoms. The van der Waals surface area contributed by atoms with Gasteiger partial charge in [0.2, 0.25) is 5.91 Å². The van der Waals surface area contributed by atoms with Crippen molar-refractivity contribution in [3.05, 3.63) is 0 Å². The molecule has 0 saturated carbocycles. The normalized spacial score (nSPS) is 12.5. The highest BCUT2D eigenvalue weighted by Gasteiger charge is 2.14. The highest BCUT2D eigenvalue weighted by atomic mass is 16.1. The van der Waals surface area contributed by atoms with Crippen LogP contribution in [-0.4, -0.2) is 5.91 Å². The predicted octanol–water partition coefficient (Wildman–Crippen LogP) is 9.35. The lowest BCUT2D eigenvalue weighted by Gasteiger charge is -2.13. The zero-order valence-corrected chi connectivity index (χ0v) is 21.2. The van der Waals surface area contributed by atoms with Crippen LogP contribution in [0.4, 0.5) is 0 Å². The van der Waals surface area contributed by atoms with Gasteiger partial charge in [-0.1, -0.05) is 149 Å². The molecule has 2 N–H and O–H groups in total. The maximum absolute atomic E-state index is 11.7. The molecule has 2 heteroatoms. The monoisotopic (exact) mass is 423 g/mol. The van der Waals surface area contributed by atoms with E-state index < -0.39 is 0 Å². The fourth-order valence-electron chi connectivity index (χ4n) is 4.49. The van der Waals surface area contributed by atoms with E-state index >= 15 is 0 Å². The average Bonchev–Trinajstić information content (AvgIpc) is 2.71. The molecule has 0 aliphatic carbocycles. The topological polar surface area (TPSA) is 43.1 Å². The minimum absolute atomic E-state index is 0.0636. The average molecular weight is 424 g/mol. The number of carbonyl (C=O) groups is 1. The number of unbranched alkanes of at least 4 members (excludes halogenated alkanes) is 17. The number of primary amides is 1. The molecule has 0 saturated heterocycles. The van der Waals surface area contributed by atoms with Crippen LogP contribution in [0, 0.1) is 11.8 Å². The summed E-state index contributed by atoms with van der Waals surface area (Å²) in [5.41, 5.74) is 5.65. The summed E-state index contributed by atoms with van der Waals surface area (Å²) in [4.78, 5) is 11.7. The van der Waals surface area contributed by atoms with E-state index in [-0.39, 0.29) is 11.8 Å². The fraction of sp³-hybridized carbons (Fsp3) is 0.964. The predicted molar refractivity (Wildman–Crippen MR) is 135 cm³/mol. The van der Waals surface area contributed by atoms with E-state index in [4.69, 9.17) is 5.73 Å². The van der Waals surface area contributed by atoms with Gasteiger partial charge in [0.05, 0.1) is 0 Å². The van der Waals surface area contributed by atoms with E-state index in [2.05, 4.69) is 20.8 Å². The second-order valence-corrected chi connectivity index (χ2v) is 10.2. The van der Waals surface area contributed by atoms with Crippen molar-refractivity contribution in [1.82, 2.24) is 0 Å². The summed E-state index contributed by atoms with van der Waals surface area (Å²) in [5, 5.41) is 0. The Morgan fingerprint density at radius 1 is 0.533 bits per heavy atom. The quantitative estimate of drug-likeness (QED) is 0.154. The minimum Gasteiger partial charge on any atom is -0.369 e. The van der Waals surface area contributed by atoms with Crippen molar-refractivity contribution in [2.45, 2.75) is 162 Å². The molecular formula is C28H57NO. The van der Waals surface area contributed by atoms with Crippen LogP contribution in [0.5, 0.6) is 0 Å². The van der Waals surface area contributed by atoms with Crippen LogP contribution in [0.15, 0.2) is 0 Å². The van der Waals surface area contributed by atoms with E-state index in [1.54, 1.807) is 0 Å². The summed E-state index contributed by atoms with van der Waals surface area (Å²) in [6, 6.07) is 0. The molecule has 1 amide bonds. The molecule has 0 rings (SSSR count). The number of hydrogen-bond donors (Lipinski definition) is 1. The van der Waals surface area contributed by atoms with Crippen molar-refractivity contribution >= 4 is 5.91 Å². The Balaban J connectivity index is 3.42. The molecule has 0 aliphatic rings. The Hall–Kier alpha value is -0.530. The van der Waals surface area contributed by atoms with Gasteiger partial charge in [-0.05, 0) is 18.8 Å². The van der Waals surface area contributed by atoms with Crippen molar-refractivity contribution in [2.75, 3.05) is 0 Å². The molecule has 180 valence electrons. The first-order chi connectivity index (χ1) is 14.6. The second-order valence-electron chi connectivity index (χ2n) is 10.2. The molecule has 0 radical (unpaired) electrons. The summed E-state index contributed by atoms with van der Waals surface area (Å²) in [6.07, 6.45) is 29.1. The zero-order valence-electron chi connectivity index (χ0n) is 21.2. The SMILES string of the molecule is CCCCCCCCCCC(CCCCCCCCCCCCCC(C)C)C(N)=O. The lowest BCUT2D eigenvalue weighted by atomic mass is 9.93. The maximum Gasteiger partial charge on any atom is 0.220 e. The van der Waals surface area contributed by atoms with Crippen LogP contribution in [0.3, 0.4) is 0 Å². The van der Waals surface area contributed by atoms with E-state index in [9.17, 15) is 4.79 Å². The molecule has 2 nitrogen and oxygen atoms in total. The molecular weight excluding hydrogens is 366 g/mol. The molecule has 30 heavy (non-hydrogen) atoms. The third-order valence-corrected chi connectivity index (χ3v) is 6.64. The Bertz CT molecular complexity index is 353. The zero-order chi connectivity index (χ0) is 22.3. The van der Waals surface area contributed by atoms with Crippen molar-refractivity contribution < 1.29 is 4.79 Å². The van der Waals surface area contributed by atoms with E-state index in [1.807, 2.05) is 0 Å². The molecule has 0 fully saturated rings. The Kier molecular flexibility index (Phi) is 22.7. The molecule has 0 bridgehead atoms. The number of nitrogens with two attached hydrogens (primary N) is 1. The van der Waals surface area contributed by atoms with Gasteiger partial charge in [0.1, 0.15) is 0 Å². The van der Waals surface area contributed by atoms with Crippen LogP contribution in [0.2, 0.25) is 0 Å². The van der Waals surface area contributed by atoms with E-state index in [0.717, 1.165) is 18.8 Å². The van der Waals surface area contributed by atoms with Gasteiger partial charge in [-0.2, -0.15) is 0 Å². The molecule has 0 aliphatic heterocycles. The first-order valence-corrected chi connectivity index (χ1v) is 13.9. The summed E-state index contributed by atoms with van der Waals surface area (Å²) in [7, 11) is 0. The number of hydrogen-bond acceptors (Lipinski definition) is 1. The van der Waals surface area contributed by atoms with Crippen LogP contribution >= 0.6 is 0 Å². The van der Waals surface area contributed by atoms with Gasteiger partial charge in [0, 0.05) is 5.92 Å². The Labute approximate surface area is 190 Å². The summed E-state index contributed by atoms with van der Waals surface area (Å²) >= 11 is 0. The van der Waals surface area contributed by atoms with Crippen molar-refractivity contribution in [3.8, 4) is 0 Å². The lowest BCUT2D eigenvalue weighted by molar-refractivity contribution is -0.122. The van der Waals surface area contributed by atoms with Gasteiger partial charge in [0.15, 0.2) is 0 Å². The first kappa shape index (κ1) is 29.5. The van der Waals surface area contributed by atoms with Gasteiger partial charge < -0.3 is 5.73 Å². The number of carbonyl (C=O) groups excluding carboxylic acids is 1. The largest absolute Gasteiger partial charge is 0.369 e. The highest BCUT2D eigenvalue weighted by Crippen LogP contribution is 2.19. The number of amides is 1. The standard InChI is InChI=1S/C28H57NO/c1-4-5-6-7-8-15-18-21-24-27(28(29)30)25-22-19-16-13-11-9-10-12-14-17-20-23-26(2)3/h26-27H,4-25H2,1-3H3,(H2,29,30). The summed E-state index contributed by atoms with van der Waals surface area (Å²) < 4.78 is 0. The van der Waals surface area contributed by atoms with Crippen molar-refractivity contribution in [1.29, 1.82) is 0 Å². The van der Waals surface area contributed by atoms with Gasteiger partial charge in [-0.15, -0.1) is 0 Å². The van der Waals surface area contributed by atoms with E-state index in [0.29, 0.717) is 0 Å². The van der Waals surface area contributed by atoms with Gasteiger partial charge in [-0.3, -0.25) is 4.79 Å². The maximum atomic E-state index is 11.7. The second kappa shape index (κ2) is 23.1. The van der Waals surface area contributed by atoms with Crippen molar-refractivity contribution in [2.24, 2.45) is 17.6 Å². The fourth-order valence-corrected chi connectivity index (χ4v) is 4.49. The van der Waals surface area contributed by atoms with Crippen LogP contribution in [0.1, 0.15) is 162 Å². The van der Waals surface area contributed by atoms with Crippen LogP contribution < -0.4 is 5.73 Å². The number of rotatable bonds is 24. The van der Waals surface area contributed by atoms with Crippen LogP contribution in [0.25, 0.3) is 0 Å². The smallest absolute Gasteiger partial charge is 0.220 e. The van der Waals surface area contributed by atoms with Crippen molar-refractivity contribution in [3.63, 3.8) is 0 Å². The molecule has 1 atom stereocenters. The molecule has 0 aromatic carbocycles. The molecule has 0 heterocycles. The van der Waals surface area contributed by atoms with Crippen LogP contribution in [-0.2, 0) is 4.79 Å². The summed E-state index contributed by atoms with van der Waals surface area (Å²) in [5.74, 6) is 0.931. The Morgan fingerprint density at radius 3 is 1.13 bits per heavy atom. The van der Waals surface area contributed by atoms with Gasteiger partial charge in [-0.25, -0.2) is 0 Å². The molecule has 0 aromatic heterocycles. The van der Waals surface area contributed by atoms with Gasteiger partial charge >= 0.3 is 0 Å². The first-order valence-electron chi connectivity index (χ1n) is 13.9. The van der Waals surface area contributed by atoms with Gasteiger partial charge in [0.25, 0.3) is 0 Å². The highest BCUT2D eigenvalue weighted by molar-refractivity contribution is 5.76. The molecule has 0 aromatic rings. The Morgan fingerprint density at radius 2 is 0.833 bits per heavy atom. The summed E-state index contributed by atoms with van der Waals surface area (Å²) in [6.45, 7) is 6.91. The third kappa shape index (κ3) is 22.2. The lowest BCUT2D eigenvalue weighted by Crippen LogP contribution is -2.23.